The highest BCUT2D eigenvalue weighted by molar-refractivity contribution is 6.11. The summed E-state index contributed by atoms with van der Waals surface area (Å²) in [6, 6.07) is 4.52. The van der Waals surface area contributed by atoms with E-state index in [0.717, 1.165) is 11.1 Å². The summed E-state index contributed by atoms with van der Waals surface area (Å²) in [6.07, 6.45) is 6.02. The van der Waals surface area contributed by atoms with Gasteiger partial charge in [0, 0.05) is 41.8 Å². The second kappa shape index (κ2) is 7.94. The molecule has 8 nitrogen and oxygen atoms in total. The molecule has 2 aromatic heterocycles. The molecular formula is C21H22FN7O. The first-order valence-corrected chi connectivity index (χ1v) is 9.57. The zero-order chi connectivity index (χ0) is 21.3. The molecule has 0 radical (unpaired) electrons. The molecule has 1 atom stereocenters. The summed E-state index contributed by atoms with van der Waals surface area (Å²) >= 11 is 0. The van der Waals surface area contributed by atoms with E-state index in [1.54, 1.807) is 25.4 Å². The minimum Gasteiger partial charge on any atom is -0.467 e. The van der Waals surface area contributed by atoms with E-state index in [9.17, 15) is 4.39 Å². The fourth-order valence-corrected chi connectivity index (χ4v) is 3.46. The van der Waals surface area contributed by atoms with Gasteiger partial charge in [-0.1, -0.05) is 0 Å². The molecule has 30 heavy (non-hydrogen) atoms. The maximum absolute atomic E-state index is 14.1. The number of fused-ring (bicyclic) bond motifs is 5. The van der Waals surface area contributed by atoms with E-state index in [1.165, 1.54) is 18.3 Å². The van der Waals surface area contributed by atoms with Crippen LogP contribution in [0.5, 0.6) is 5.88 Å². The maximum atomic E-state index is 14.1. The summed E-state index contributed by atoms with van der Waals surface area (Å²) in [6.45, 7) is 4.66. The predicted octanol–water partition coefficient (Wildman–Crippen LogP) is 2.87. The number of benzene rings is 1. The SMILES string of the molecule is CCN=C1C(=CN)Cn2ccnc2-c2ccc(F)cc2C(C)Oc2nc1cnc2N. The molecule has 4 rings (SSSR count). The van der Waals surface area contributed by atoms with Gasteiger partial charge in [-0.3, -0.25) is 4.99 Å². The monoisotopic (exact) mass is 407 g/mol. The number of nitrogen functional groups attached to an aromatic ring is 1. The Morgan fingerprint density at radius 2 is 2.20 bits per heavy atom. The van der Waals surface area contributed by atoms with E-state index in [-0.39, 0.29) is 17.5 Å². The van der Waals surface area contributed by atoms with Crippen LogP contribution in [0.2, 0.25) is 0 Å². The fraction of sp³-hybridized carbons (Fsp3) is 0.238. The first-order chi connectivity index (χ1) is 14.5. The van der Waals surface area contributed by atoms with Crippen molar-refractivity contribution in [3.05, 3.63) is 65.6 Å². The van der Waals surface area contributed by atoms with Gasteiger partial charge in [-0.05, 0) is 32.0 Å². The van der Waals surface area contributed by atoms with Gasteiger partial charge in [-0.15, -0.1) is 0 Å². The van der Waals surface area contributed by atoms with Gasteiger partial charge >= 0.3 is 0 Å². The van der Waals surface area contributed by atoms with Crippen LogP contribution in [0.4, 0.5) is 10.2 Å². The van der Waals surface area contributed by atoms with E-state index in [1.807, 2.05) is 17.7 Å². The van der Waals surface area contributed by atoms with Crippen molar-refractivity contribution in [1.29, 1.82) is 0 Å². The third-order valence-electron chi connectivity index (χ3n) is 4.87. The maximum Gasteiger partial charge on any atom is 0.258 e. The molecule has 1 aromatic carbocycles. The van der Waals surface area contributed by atoms with Crippen molar-refractivity contribution < 1.29 is 9.13 Å². The second-order valence-corrected chi connectivity index (χ2v) is 6.83. The zero-order valence-electron chi connectivity index (χ0n) is 16.7. The zero-order valence-corrected chi connectivity index (χ0v) is 16.7. The number of aliphatic imine (C=N–C) groups is 1. The van der Waals surface area contributed by atoms with Gasteiger partial charge in [0.2, 0.25) is 0 Å². The highest BCUT2D eigenvalue weighted by Gasteiger charge is 2.23. The fourth-order valence-electron chi connectivity index (χ4n) is 3.46. The summed E-state index contributed by atoms with van der Waals surface area (Å²) in [5.41, 5.74) is 15.2. The summed E-state index contributed by atoms with van der Waals surface area (Å²) in [5, 5.41) is 0. The Morgan fingerprint density at radius 3 is 2.97 bits per heavy atom. The number of ether oxygens (including phenoxy) is 1. The van der Waals surface area contributed by atoms with Gasteiger partial charge in [-0.2, -0.15) is 0 Å². The van der Waals surface area contributed by atoms with Gasteiger partial charge in [0.25, 0.3) is 5.88 Å². The molecule has 1 unspecified atom stereocenters. The quantitative estimate of drug-likeness (QED) is 0.641. The summed E-state index contributed by atoms with van der Waals surface area (Å²) in [4.78, 5) is 17.8. The summed E-state index contributed by atoms with van der Waals surface area (Å²) < 4.78 is 22.1. The van der Waals surface area contributed by atoms with E-state index < -0.39 is 6.10 Å². The molecule has 0 fully saturated rings. The Labute approximate surface area is 173 Å². The molecule has 2 bridgehead atoms. The van der Waals surface area contributed by atoms with Crippen LogP contribution in [0.15, 0.2) is 53.6 Å². The van der Waals surface area contributed by atoms with Gasteiger partial charge in [-0.25, -0.2) is 19.3 Å². The largest absolute Gasteiger partial charge is 0.467 e. The molecule has 154 valence electrons. The van der Waals surface area contributed by atoms with Crippen LogP contribution in [0.1, 0.15) is 31.2 Å². The third-order valence-corrected chi connectivity index (χ3v) is 4.87. The number of nitrogens with two attached hydrogens (primary N) is 2. The van der Waals surface area contributed by atoms with Crippen LogP contribution in [-0.2, 0) is 6.54 Å². The van der Waals surface area contributed by atoms with Crippen molar-refractivity contribution in [2.45, 2.75) is 26.5 Å². The number of hydrogen-bond donors (Lipinski definition) is 2. The number of hydrogen-bond acceptors (Lipinski definition) is 7. The van der Waals surface area contributed by atoms with Crippen LogP contribution < -0.4 is 16.2 Å². The number of imidazole rings is 1. The normalized spacial score (nSPS) is 18.8. The standard InChI is InChI=1S/C21H22FN7O/c1-3-25-18-13(9-23)11-29-7-6-26-20(29)15-5-4-14(22)8-16(15)12(2)30-21-19(24)27-10-17(18)28-21/h4-10,12H,3,11,23H2,1-2H3,(H2,24,27). The van der Waals surface area contributed by atoms with Crippen molar-refractivity contribution in [2.75, 3.05) is 12.3 Å². The molecule has 1 aliphatic heterocycles. The molecule has 0 saturated heterocycles. The topological polar surface area (TPSA) is 117 Å². The molecule has 0 spiro atoms. The number of anilines is 1. The van der Waals surface area contributed by atoms with Crippen LogP contribution >= 0.6 is 0 Å². The van der Waals surface area contributed by atoms with Crippen molar-refractivity contribution in [1.82, 2.24) is 19.5 Å². The average molecular weight is 407 g/mol. The van der Waals surface area contributed by atoms with Crippen molar-refractivity contribution in [3.63, 3.8) is 0 Å². The first-order valence-electron chi connectivity index (χ1n) is 9.57. The average Bonchev–Trinajstić information content (AvgIpc) is 3.19. The lowest BCUT2D eigenvalue weighted by Gasteiger charge is -2.21. The van der Waals surface area contributed by atoms with E-state index in [2.05, 4.69) is 19.9 Å². The predicted molar refractivity (Wildman–Crippen MR) is 112 cm³/mol. The molecular weight excluding hydrogens is 385 g/mol. The van der Waals surface area contributed by atoms with Gasteiger partial charge < -0.3 is 20.8 Å². The Bertz CT molecular complexity index is 1150. The van der Waals surface area contributed by atoms with Crippen molar-refractivity contribution in [2.24, 2.45) is 10.7 Å². The number of nitrogens with zero attached hydrogens (tertiary/aromatic N) is 5. The highest BCUT2D eigenvalue weighted by atomic mass is 19.1. The van der Waals surface area contributed by atoms with Crippen LogP contribution in [0, 0.1) is 5.82 Å². The molecule has 3 heterocycles. The summed E-state index contributed by atoms with van der Waals surface area (Å²) in [7, 11) is 0. The molecule has 4 N–H and O–H groups in total. The van der Waals surface area contributed by atoms with E-state index in [4.69, 9.17) is 16.2 Å². The molecule has 1 aliphatic rings. The Kier molecular flexibility index (Phi) is 5.18. The lowest BCUT2D eigenvalue weighted by molar-refractivity contribution is 0.218. The Hall–Kier alpha value is -3.75. The smallest absolute Gasteiger partial charge is 0.258 e. The molecule has 0 saturated carbocycles. The lowest BCUT2D eigenvalue weighted by Crippen LogP contribution is -2.19. The molecule has 9 heteroatoms. The Balaban J connectivity index is 1.98. The van der Waals surface area contributed by atoms with E-state index >= 15 is 0 Å². The van der Waals surface area contributed by atoms with Crippen LogP contribution in [-0.4, -0.2) is 31.8 Å². The number of aromatic nitrogens is 4. The minimum absolute atomic E-state index is 0.135. The second-order valence-electron chi connectivity index (χ2n) is 6.83. The highest BCUT2D eigenvalue weighted by Crippen LogP contribution is 2.33. The number of allylic oxidation sites excluding steroid dienone is 1. The van der Waals surface area contributed by atoms with Crippen LogP contribution in [0.25, 0.3) is 11.4 Å². The summed E-state index contributed by atoms with van der Waals surface area (Å²) in [5.74, 6) is 0.580. The first kappa shape index (κ1) is 19.6. The van der Waals surface area contributed by atoms with Gasteiger partial charge in [0.1, 0.15) is 23.4 Å². The van der Waals surface area contributed by atoms with E-state index in [0.29, 0.717) is 35.9 Å². The van der Waals surface area contributed by atoms with Crippen LogP contribution in [0.3, 0.4) is 0 Å². The molecule has 0 amide bonds. The van der Waals surface area contributed by atoms with Crippen molar-refractivity contribution in [3.8, 4) is 17.3 Å². The molecule has 0 aliphatic carbocycles. The van der Waals surface area contributed by atoms with Gasteiger partial charge in [0.05, 0.1) is 18.5 Å². The number of halogens is 1. The lowest BCUT2D eigenvalue weighted by atomic mass is 10.0. The number of rotatable bonds is 1. The van der Waals surface area contributed by atoms with Crippen molar-refractivity contribution >= 4 is 11.5 Å². The third kappa shape index (κ3) is 3.49. The minimum atomic E-state index is -0.553. The Morgan fingerprint density at radius 1 is 1.37 bits per heavy atom. The molecule has 3 aromatic rings. The van der Waals surface area contributed by atoms with Gasteiger partial charge in [0.15, 0.2) is 5.82 Å².